The van der Waals surface area contributed by atoms with Crippen LogP contribution in [0.5, 0.6) is 0 Å². The zero-order valence-corrected chi connectivity index (χ0v) is 12.5. The van der Waals surface area contributed by atoms with Crippen molar-refractivity contribution in [3.8, 4) is 0 Å². The van der Waals surface area contributed by atoms with E-state index in [0.29, 0.717) is 36.2 Å². The van der Waals surface area contributed by atoms with Crippen LogP contribution in [0, 0.1) is 0 Å². The molecule has 0 saturated carbocycles. The van der Waals surface area contributed by atoms with E-state index in [1.54, 1.807) is 28.9 Å². The molecule has 0 bridgehead atoms. The van der Waals surface area contributed by atoms with Crippen LogP contribution < -0.4 is 0 Å². The van der Waals surface area contributed by atoms with Gasteiger partial charge in [0.1, 0.15) is 5.56 Å². The SMILES string of the molecule is COC(=O)c1cccn2cc(CC3CCCS3(=O)=O)nc12. The van der Waals surface area contributed by atoms with E-state index < -0.39 is 15.8 Å². The van der Waals surface area contributed by atoms with Gasteiger partial charge in [-0.1, -0.05) is 0 Å². The topological polar surface area (TPSA) is 77.7 Å². The monoisotopic (exact) mass is 308 g/mol. The van der Waals surface area contributed by atoms with Crippen LogP contribution in [0.1, 0.15) is 28.9 Å². The highest BCUT2D eigenvalue weighted by Crippen LogP contribution is 2.24. The molecule has 0 N–H and O–H groups in total. The molecule has 1 unspecified atom stereocenters. The Morgan fingerprint density at radius 3 is 3.00 bits per heavy atom. The smallest absolute Gasteiger partial charge is 0.341 e. The maximum absolute atomic E-state index is 11.9. The molecular weight excluding hydrogens is 292 g/mol. The van der Waals surface area contributed by atoms with Gasteiger partial charge in [-0.05, 0) is 25.0 Å². The van der Waals surface area contributed by atoms with Gasteiger partial charge in [0.15, 0.2) is 15.5 Å². The molecule has 3 rings (SSSR count). The van der Waals surface area contributed by atoms with Crippen molar-refractivity contribution in [2.75, 3.05) is 12.9 Å². The summed E-state index contributed by atoms with van der Waals surface area (Å²) in [6.07, 6.45) is 5.34. The van der Waals surface area contributed by atoms with Gasteiger partial charge in [-0.25, -0.2) is 18.2 Å². The molecule has 0 radical (unpaired) electrons. The fraction of sp³-hybridized carbons (Fsp3) is 0.429. The van der Waals surface area contributed by atoms with Crippen LogP contribution in [0.25, 0.3) is 5.65 Å². The molecule has 1 atom stereocenters. The second-order valence-electron chi connectivity index (χ2n) is 5.21. The Morgan fingerprint density at radius 2 is 2.33 bits per heavy atom. The first-order chi connectivity index (χ1) is 10.0. The molecule has 112 valence electrons. The third-order valence-electron chi connectivity index (χ3n) is 3.84. The van der Waals surface area contributed by atoms with Gasteiger partial charge in [0.25, 0.3) is 0 Å². The molecule has 2 aromatic rings. The predicted octanol–water partition coefficient (Wildman–Crippen LogP) is 1.24. The molecule has 3 heterocycles. The Labute approximate surface area is 122 Å². The minimum Gasteiger partial charge on any atom is -0.465 e. The van der Waals surface area contributed by atoms with Crippen LogP contribution in [0.4, 0.5) is 0 Å². The number of hydrogen-bond donors (Lipinski definition) is 0. The molecule has 1 aliphatic rings. The summed E-state index contributed by atoms with van der Waals surface area (Å²) in [6, 6.07) is 3.38. The maximum atomic E-state index is 11.9. The zero-order chi connectivity index (χ0) is 15.0. The molecule has 1 fully saturated rings. The van der Waals surface area contributed by atoms with Crippen molar-refractivity contribution in [3.63, 3.8) is 0 Å². The molecule has 21 heavy (non-hydrogen) atoms. The fourth-order valence-corrected chi connectivity index (χ4v) is 4.60. The van der Waals surface area contributed by atoms with Crippen molar-refractivity contribution in [3.05, 3.63) is 35.8 Å². The Balaban J connectivity index is 1.96. The summed E-state index contributed by atoms with van der Waals surface area (Å²) in [4.78, 5) is 16.1. The third kappa shape index (κ3) is 2.53. The number of hydrogen-bond acceptors (Lipinski definition) is 5. The number of methoxy groups -OCH3 is 1. The number of pyridine rings is 1. The van der Waals surface area contributed by atoms with Gasteiger partial charge in [-0.3, -0.25) is 0 Å². The van der Waals surface area contributed by atoms with Crippen molar-refractivity contribution >= 4 is 21.5 Å². The molecular formula is C14H16N2O4S. The number of nitrogens with zero attached hydrogens (tertiary/aromatic N) is 2. The fourth-order valence-electron chi connectivity index (χ4n) is 2.75. The Hall–Kier alpha value is -1.89. The number of imidazole rings is 1. The van der Waals surface area contributed by atoms with Crippen LogP contribution in [0.15, 0.2) is 24.5 Å². The third-order valence-corrected chi connectivity index (χ3v) is 6.11. The first-order valence-corrected chi connectivity index (χ1v) is 8.49. The largest absolute Gasteiger partial charge is 0.465 e. The highest BCUT2D eigenvalue weighted by Gasteiger charge is 2.32. The molecule has 0 aromatic carbocycles. The summed E-state index contributed by atoms with van der Waals surface area (Å²) in [7, 11) is -1.67. The average Bonchev–Trinajstić information content (AvgIpc) is 3.01. The van der Waals surface area contributed by atoms with Crippen LogP contribution in [0.3, 0.4) is 0 Å². The minimum atomic E-state index is -2.99. The van der Waals surface area contributed by atoms with Gasteiger partial charge in [0, 0.05) is 18.8 Å². The zero-order valence-electron chi connectivity index (χ0n) is 11.7. The molecule has 2 aromatic heterocycles. The molecule has 1 saturated heterocycles. The van der Waals surface area contributed by atoms with Crippen LogP contribution in [-0.2, 0) is 21.0 Å². The summed E-state index contributed by atoms with van der Waals surface area (Å²) < 4.78 is 30.2. The quantitative estimate of drug-likeness (QED) is 0.797. The highest BCUT2D eigenvalue weighted by atomic mass is 32.2. The number of carbonyl (C=O) groups is 1. The maximum Gasteiger partial charge on any atom is 0.341 e. The number of fused-ring (bicyclic) bond motifs is 1. The predicted molar refractivity (Wildman–Crippen MR) is 77.0 cm³/mol. The van der Waals surface area contributed by atoms with Gasteiger partial charge >= 0.3 is 5.97 Å². The van der Waals surface area contributed by atoms with Gasteiger partial charge in [-0.15, -0.1) is 0 Å². The van der Waals surface area contributed by atoms with Crippen molar-refractivity contribution in [1.29, 1.82) is 0 Å². The van der Waals surface area contributed by atoms with Gasteiger partial charge in [-0.2, -0.15) is 0 Å². The number of ether oxygens (including phenoxy) is 1. The Kier molecular flexibility index (Phi) is 3.44. The van der Waals surface area contributed by atoms with E-state index in [2.05, 4.69) is 4.98 Å². The minimum absolute atomic E-state index is 0.262. The van der Waals surface area contributed by atoms with Crippen molar-refractivity contribution in [2.45, 2.75) is 24.5 Å². The molecule has 0 spiro atoms. The standard InChI is InChI=1S/C14H16N2O4S/c1-20-14(17)12-5-2-6-16-9-10(15-13(12)16)8-11-4-3-7-21(11,18)19/h2,5-6,9,11H,3-4,7-8H2,1H3. The normalized spacial score (nSPS) is 20.7. The number of carbonyl (C=O) groups excluding carboxylic acids is 1. The van der Waals surface area contributed by atoms with Crippen LogP contribution in [-0.4, -0.2) is 41.9 Å². The van der Waals surface area contributed by atoms with E-state index >= 15 is 0 Å². The summed E-state index contributed by atoms with van der Waals surface area (Å²) in [5.74, 6) is -0.190. The van der Waals surface area contributed by atoms with E-state index in [1.807, 2.05) is 0 Å². The van der Waals surface area contributed by atoms with Gasteiger partial charge < -0.3 is 9.14 Å². The lowest BCUT2D eigenvalue weighted by Crippen LogP contribution is -2.18. The number of aromatic nitrogens is 2. The average molecular weight is 308 g/mol. The second-order valence-corrected chi connectivity index (χ2v) is 7.61. The van der Waals surface area contributed by atoms with Gasteiger partial charge in [0.05, 0.1) is 23.8 Å². The lowest BCUT2D eigenvalue weighted by molar-refractivity contribution is 0.0602. The molecule has 1 aliphatic heterocycles. The second kappa shape index (κ2) is 5.14. The molecule has 0 amide bonds. The lowest BCUT2D eigenvalue weighted by atomic mass is 10.2. The molecule has 6 nitrogen and oxygen atoms in total. The summed E-state index contributed by atoms with van der Waals surface area (Å²) in [6.45, 7) is 0. The number of esters is 1. The lowest BCUT2D eigenvalue weighted by Gasteiger charge is -2.05. The first kappa shape index (κ1) is 14.1. The van der Waals surface area contributed by atoms with Crippen molar-refractivity contribution in [1.82, 2.24) is 9.38 Å². The highest BCUT2D eigenvalue weighted by molar-refractivity contribution is 7.92. The van der Waals surface area contributed by atoms with Crippen molar-refractivity contribution in [2.24, 2.45) is 0 Å². The van der Waals surface area contributed by atoms with E-state index in [9.17, 15) is 13.2 Å². The summed E-state index contributed by atoms with van der Waals surface area (Å²) in [5, 5.41) is -0.357. The molecule has 7 heteroatoms. The van der Waals surface area contributed by atoms with E-state index in [0.717, 1.165) is 0 Å². The first-order valence-electron chi connectivity index (χ1n) is 6.78. The van der Waals surface area contributed by atoms with E-state index in [4.69, 9.17) is 4.74 Å². The van der Waals surface area contributed by atoms with Gasteiger partial charge in [0.2, 0.25) is 0 Å². The summed E-state index contributed by atoms with van der Waals surface area (Å²) >= 11 is 0. The number of rotatable bonds is 3. The van der Waals surface area contributed by atoms with Crippen LogP contribution in [0.2, 0.25) is 0 Å². The number of sulfone groups is 1. The van der Waals surface area contributed by atoms with E-state index in [-0.39, 0.29) is 11.0 Å². The van der Waals surface area contributed by atoms with E-state index in [1.165, 1.54) is 7.11 Å². The van der Waals surface area contributed by atoms with Crippen LogP contribution >= 0.6 is 0 Å². The Bertz CT molecular complexity index is 794. The summed E-state index contributed by atoms with van der Waals surface area (Å²) in [5.41, 5.74) is 1.55. The molecule has 0 aliphatic carbocycles. The Morgan fingerprint density at radius 1 is 1.52 bits per heavy atom. The van der Waals surface area contributed by atoms with Crippen molar-refractivity contribution < 1.29 is 17.9 Å².